The van der Waals surface area contributed by atoms with Gasteiger partial charge in [0.25, 0.3) is 0 Å². The minimum atomic E-state index is -4.67. The van der Waals surface area contributed by atoms with Crippen LogP contribution in [0.1, 0.15) is 48.3 Å². The van der Waals surface area contributed by atoms with Crippen LogP contribution >= 0.6 is 23.2 Å². The van der Waals surface area contributed by atoms with Gasteiger partial charge in [-0.2, -0.15) is 13.2 Å². The van der Waals surface area contributed by atoms with E-state index < -0.39 is 29.5 Å². The molecule has 200 valence electrons. The zero-order chi connectivity index (χ0) is 27.9. The van der Waals surface area contributed by atoms with Crippen molar-refractivity contribution in [1.29, 1.82) is 0 Å². The average molecular weight is 571 g/mol. The Hall–Kier alpha value is -3.42. The SMILES string of the molecule is CC1=NC2=C(C(=O)C[C@H](c3ccccc3)C2)[C@H](c2ccc(Cl)cc2Cl)C1C(=O)Nc1ccccc1C(F)(F)F. The summed E-state index contributed by atoms with van der Waals surface area (Å²) in [6.07, 6.45) is -3.97. The second-order valence-corrected chi connectivity index (χ2v) is 10.5. The average Bonchev–Trinajstić information content (AvgIpc) is 2.88. The largest absolute Gasteiger partial charge is 0.418 e. The normalized spacial score (nSPS) is 21.3. The van der Waals surface area contributed by atoms with Gasteiger partial charge in [-0.1, -0.05) is 71.7 Å². The highest BCUT2D eigenvalue weighted by Crippen LogP contribution is 2.48. The number of halogens is 5. The summed E-state index contributed by atoms with van der Waals surface area (Å²) in [7, 11) is 0. The molecule has 1 aliphatic carbocycles. The predicted octanol–water partition coefficient (Wildman–Crippen LogP) is 8.23. The van der Waals surface area contributed by atoms with Crippen LogP contribution in [0.2, 0.25) is 10.0 Å². The maximum Gasteiger partial charge on any atom is 0.418 e. The van der Waals surface area contributed by atoms with E-state index in [0.29, 0.717) is 34.0 Å². The lowest BCUT2D eigenvalue weighted by Crippen LogP contribution is -2.40. The summed E-state index contributed by atoms with van der Waals surface area (Å²) in [4.78, 5) is 32.1. The van der Waals surface area contributed by atoms with Crippen LogP contribution in [0.3, 0.4) is 0 Å². The third-order valence-corrected chi connectivity index (χ3v) is 7.79. The maximum atomic E-state index is 13.7. The lowest BCUT2D eigenvalue weighted by molar-refractivity contribution is -0.137. The smallest absolute Gasteiger partial charge is 0.325 e. The summed E-state index contributed by atoms with van der Waals surface area (Å²) < 4.78 is 40.9. The number of hydrogen-bond donors (Lipinski definition) is 1. The zero-order valence-corrected chi connectivity index (χ0v) is 22.2. The van der Waals surface area contributed by atoms with Gasteiger partial charge in [0.05, 0.1) is 17.2 Å². The molecular weight excluding hydrogens is 548 g/mol. The predicted molar refractivity (Wildman–Crippen MR) is 146 cm³/mol. The summed E-state index contributed by atoms with van der Waals surface area (Å²) in [5.74, 6) is -2.88. The Labute approximate surface area is 233 Å². The quantitative estimate of drug-likeness (QED) is 0.343. The van der Waals surface area contributed by atoms with Crippen LogP contribution in [-0.2, 0) is 15.8 Å². The van der Waals surface area contributed by atoms with Gasteiger partial charge < -0.3 is 5.32 Å². The van der Waals surface area contributed by atoms with Gasteiger partial charge in [-0.15, -0.1) is 0 Å². The van der Waals surface area contributed by atoms with Crippen LogP contribution in [0.4, 0.5) is 18.9 Å². The molecular formula is C30H23Cl2F3N2O2. The standard InChI is InChI=1S/C30H23Cl2F3N2O2/c1-16-26(29(39)37-23-10-6-5-9-21(23)30(33,34)35)27(20-12-11-19(31)15-22(20)32)28-24(36-16)13-18(14-25(28)38)17-7-3-2-4-8-17/h2-12,15,18,26-27H,13-14H2,1H3,(H,37,39)/t18-,26?,27-/m1/s1. The molecule has 3 atom stereocenters. The first-order valence-corrected chi connectivity index (χ1v) is 13.1. The molecule has 0 saturated carbocycles. The number of amides is 1. The number of Topliss-reactive ketones (excluding diaryl/α,β-unsaturated/α-hetero) is 1. The molecule has 0 spiro atoms. The van der Waals surface area contributed by atoms with E-state index in [1.54, 1.807) is 19.1 Å². The Morgan fingerprint density at radius 2 is 1.67 bits per heavy atom. The number of benzene rings is 3. The molecule has 2 aliphatic rings. The highest BCUT2D eigenvalue weighted by molar-refractivity contribution is 6.35. The maximum absolute atomic E-state index is 13.7. The second-order valence-electron chi connectivity index (χ2n) is 9.71. The minimum absolute atomic E-state index is 0.0839. The number of anilines is 1. The van der Waals surface area contributed by atoms with E-state index in [4.69, 9.17) is 28.2 Å². The molecule has 3 aromatic carbocycles. The molecule has 1 N–H and O–H groups in total. The molecule has 0 fully saturated rings. The molecule has 1 amide bonds. The Balaban J connectivity index is 1.59. The summed E-state index contributed by atoms with van der Waals surface area (Å²) >= 11 is 12.7. The van der Waals surface area contributed by atoms with Crippen molar-refractivity contribution in [1.82, 2.24) is 0 Å². The number of hydrogen-bond acceptors (Lipinski definition) is 3. The van der Waals surface area contributed by atoms with Gasteiger partial charge in [0, 0.05) is 39.4 Å². The topological polar surface area (TPSA) is 58.5 Å². The molecule has 3 aromatic rings. The summed E-state index contributed by atoms with van der Waals surface area (Å²) in [5, 5.41) is 3.07. The number of aliphatic imine (C=N–C) groups is 1. The molecule has 1 heterocycles. The van der Waals surface area contributed by atoms with Crippen LogP contribution in [0.15, 0.2) is 89.1 Å². The van der Waals surface area contributed by atoms with Gasteiger partial charge in [0.15, 0.2) is 5.78 Å². The third kappa shape index (κ3) is 5.38. The fraction of sp³-hybridized carbons (Fsp3) is 0.233. The lowest BCUT2D eigenvalue weighted by atomic mass is 9.69. The van der Waals surface area contributed by atoms with E-state index in [9.17, 15) is 22.8 Å². The van der Waals surface area contributed by atoms with Crippen LogP contribution in [-0.4, -0.2) is 17.4 Å². The molecule has 9 heteroatoms. The highest BCUT2D eigenvalue weighted by Gasteiger charge is 2.45. The molecule has 0 radical (unpaired) electrons. The third-order valence-electron chi connectivity index (χ3n) is 7.23. The van der Waals surface area contributed by atoms with Gasteiger partial charge in [-0.25, -0.2) is 0 Å². The molecule has 1 aliphatic heterocycles. The van der Waals surface area contributed by atoms with Crippen LogP contribution < -0.4 is 5.32 Å². The zero-order valence-electron chi connectivity index (χ0n) is 20.7. The Kier molecular flexibility index (Phi) is 7.40. The van der Waals surface area contributed by atoms with Crippen molar-refractivity contribution in [2.45, 2.75) is 37.8 Å². The number of carbonyl (C=O) groups excluding carboxylic acids is 2. The molecule has 4 nitrogen and oxygen atoms in total. The fourth-order valence-corrected chi connectivity index (χ4v) is 6.03. The monoisotopic (exact) mass is 570 g/mol. The van der Waals surface area contributed by atoms with Gasteiger partial charge in [-0.3, -0.25) is 14.6 Å². The van der Waals surface area contributed by atoms with Crippen molar-refractivity contribution in [3.8, 4) is 0 Å². The number of alkyl halides is 3. The van der Waals surface area contributed by atoms with Gasteiger partial charge in [-0.05, 0) is 54.7 Å². The van der Waals surface area contributed by atoms with Crippen LogP contribution in [0, 0.1) is 5.92 Å². The molecule has 0 bridgehead atoms. The van der Waals surface area contributed by atoms with E-state index >= 15 is 0 Å². The number of allylic oxidation sites excluding steroid dienone is 2. The Bertz CT molecular complexity index is 1520. The summed E-state index contributed by atoms with van der Waals surface area (Å²) in [6, 6.07) is 19.2. The molecule has 0 saturated heterocycles. The minimum Gasteiger partial charge on any atom is -0.325 e. The molecule has 39 heavy (non-hydrogen) atoms. The number of rotatable bonds is 4. The highest BCUT2D eigenvalue weighted by atomic mass is 35.5. The number of para-hydroxylation sites is 1. The number of nitrogens with zero attached hydrogens (tertiary/aromatic N) is 1. The first-order valence-electron chi connectivity index (χ1n) is 12.3. The van der Waals surface area contributed by atoms with Crippen LogP contribution in [0.25, 0.3) is 0 Å². The second kappa shape index (κ2) is 10.6. The Morgan fingerprint density at radius 1 is 0.974 bits per heavy atom. The van der Waals surface area contributed by atoms with Gasteiger partial charge in [0.1, 0.15) is 0 Å². The molecule has 5 rings (SSSR count). The van der Waals surface area contributed by atoms with Crippen molar-refractivity contribution in [3.05, 3.63) is 111 Å². The lowest BCUT2D eigenvalue weighted by Gasteiger charge is -2.37. The summed E-state index contributed by atoms with van der Waals surface area (Å²) in [6.45, 7) is 1.65. The molecule has 1 unspecified atom stereocenters. The van der Waals surface area contributed by atoms with Crippen LogP contribution in [0.5, 0.6) is 0 Å². The van der Waals surface area contributed by atoms with E-state index in [1.165, 1.54) is 24.3 Å². The van der Waals surface area contributed by atoms with Crippen molar-refractivity contribution < 1.29 is 22.8 Å². The van der Waals surface area contributed by atoms with Crippen molar-refractivity contribution in [3.63, 3.8) is 0 Å². The van der Waals surface area contributed by atoms with Gasteiger partial charge >= 0.3 is 6.18 Å². The van der Waals surface area contributed by atoms with E-state index in [-0.39, 0.29) is 28.8 Å². The van der Waals surface area contributed by atoms with Crippen molar-refractivity contribution in [2.75, 3.05) is 5.32 Å². The van der Waals surface area contributed by atoms with Gasteiger partial charge in [0.2, 0.25) is 5.91 Å². The number of carbonyl (C=O) groups is 2. The van der Waals surface area contributed by atoms with Crippen molar-refractivity contribution in [2.24, 2.45) is 10.9 Å². The number of nitrogens with one attached hydrogen (secondary N) is 1. The first-order chi connectivity index (χ1) is 18.5. The van der Waals surface area contributed by atoms with E-state index in [0.717, 1.165) is 11.6 Å². The first kappa shape index (κ1) is 27.2. The molecule has 0 aromatic heterocycles. The summed E-state index contributed by atoms with van der Waals surface area (Å²) in [5.41, 5.74) is 1.46. The van der Waals surface area contributed by atoms with E-state index in [1.807, 2.05) is 30.3 Å². The number of ketones is 1. The van der Waals surface area contributed by atoms with Crippen molar-refractivity contribution >= 4 is 46.3 Å². The fourth-order valence-electron chi connectivity index (χ4n) is 5.50. The van der Waals surface area contributed by atoms with E-state index in [2.05, 4.69) is 5.32 Å². The Morgan fingerprint density at radius 3 is 2.36 bits per heavy atom.